The molecule has 2 aromatic heterocycles. The maximum Gasteiger partial charge on any atom is 0.136 e. The zero-order chi connectivity index (χ0) is 10.7. The van der Waals surface area contributed by atoms with Crippen LogP contribution < -0.4 is 5.32 Å². The highest BCUT2D eigenvalue weighted by Crippen LogP contribution is 2.32. The Morgan fingerprint density at radius 1 is 1.40 bits per heavy atom. The van der Waals surface area contributed by atoms with Crippen LogP contribution in [0.2, 0.25) is 0 Å². The Morgan fingerprint density at radius 2 is 2.27 bits per heavy atom. The quantitative estimate of drug-likeness (QED) is 0.922. The summed E-state index contributed by atoms with van der Waals surface area (Å²) in [5.41, 5.74) is 1.13. The molecule has 2 rings (SSSR count). The zero-order valence-corrected chi connectivity index (χ0v) is 10.8. The van der Waals surface area contributed by atoms with Crippen LogP contribution in [0.5, 0.6) is 0 Å². The van der Waals surface area contributed by atoms with Gasteiger partial charge in [-0.25, -0.2) is 0 Å². The van der Waals surface area contributed by atoms with Crippen LogP contribution >= 0.6 is 27.3 Å². The Morgan fingerprint density at radius 3 is 2.93 bits per heavy atom. The molecule has 0 spiro atoms. The largest absolute Gasteiger partial charge is 0.460 e. The Hall–Kier alpha value is -0.580. The van der Waals surface area contributed by atoms with E-state index in [4.69, 9.17) is 4.42 Å². The first-order valence-corrected chi connectivity index (χ1v) is 6.56. The smallest absolute Gasteiger partial charge is 0.136 e. The van der Waals surface area contributed by atoms with Crippen LogP contribution in [0.4, 0.5) is 0 Å². The summed E-state index contributed by atoms with van der Waals surface area (Å²) in [6, 6.07) is 4.03. The summed E-state index contributed by atoms with van der Waals surface area (Å²) in [4.78, 5) is 0. The topological polar surface area (TPSA) is 25.2 Å². The minimum atomic E-state index is 0.790. The summed E-state index contributed by atoms with van der Waals surface area (Å²) >= 11 is 5.17. The highest BCUT2D eigenvalue weighted by Gasteiger charge is 2.08. The lowest BCUT2D eigenvalue weighted by Gasteiger charge is -1.97. The minimum Gasteiger partial charge on any atom is -0.460 e. The molecule has 15 heavy (non-hydrogen) atoms. The van der Waals surface area contributed by atoms with Gasteiger partial charge in [0.1, 0.15) is 11.5 Å². The molecule has 0 aromatic carbocycles. The molecule has 0 atom stereocenters. The van der Waals surface area contributed by atoms with Gasteiger partial charge >= 0.3 is 0 Å². The van der Waals surface area contributed by atoms with E-state index in [9.17, 15) is 0 Å². The average Bonchev–Trinajstić information content (AvgIpc) is 2.83. The first-order valence-electron chi connectivity index (χ1n) is 4.82. The normalized spacial score (nSPS) is 10.8. The van der Waals surface area contributed by atoms with E-state index >= 15 is 0 Å². The van der Waals surface area contributed by atoms with E-state index < -0.39 is 0 Å². The van der Waals surface area contributed by atoms with E-state index in [0.29, 0.717) is 0 Å². The zero-order valence-electron chi connectivity index (χ0n) is 8.42. The third kappa shape index (κ3) is 2.51. The lowest BCUT2D eigenvalue weighted by molar-refractivity contribution is 0.498. The molecule has 2 nitrogen and oxygen atoms in total. The van der Waals surface area contributed by atoms with E-state index in [-0.39, 0.29) is 0 Å². The molecule has 0 bridgehead atoms. The van der Waals surface area contributed by atoms with Gasteiger partial charge in [-0.2, -0.15) is 11.3 Å². The van der Waals surface area contributed by atoms with Gasteiger partial charge in [-0.05, 0) is 34.6 Å². The van der Waals surface area contributed by atoms with Gasteiger partial charge in [0.05, 0.1) is 6.54 Å². The molecule has 0 radical (unpaired) electrons. The number of hydrogen-bond acceptors (Lipinski definition) is 3. The predicted molar refractivity (Wildman–Crippen MR) is 67.1 cm³/mol. The van der Waals surface area contributed by atoms with Crippen molar-refractivity contribution < 1.29 is 4.42 Å². The molecule has 0 saturated carbocycles. The Kier molecular flexibility index (Phi) is 3.61. The van der Waals surface area contributed by atoms with Crippen molar-refractivity contribution in [1.82, 2.24) is 5.32 Å². The molecular weight excluding hydrogens is 274 g/mol. The molecule has 1 N–H and O–H groups in total. The Balaban J connectivity index is 2.17. The molecule has 2 heterocycles. The van der Waals surface area contributed by atoms with Crippen molar-refractivity contribution in [2.45, 2.75) is 13.5 Å². The van der Waals surface area contributed by atoms with Gasteiger partial charge in [0, 0.05) is 20.8 Å². The number of rotatable bonds is 4. The second-order valence-electron chi connectivity index (χ2n) is 3.18. The Bertz CT molecular complexity index is 435. The highest BCUT2D eigenvalue weighted by atomic mass is 79.9. The van der Waals surface area contributed by atoms with Gasteiger partial charge in [-0.1, -0.05) is 6.92 Å². The van der Waals surface area contributed by atoms with Crippen molar-refractivity contribution in [3.05, 3.63) is 33.1 Å². The van der Waals surface area contributed by atoms with Gasteiger partial charge in [0.15, 0.2) is 0 Å². The second kappa shape index (κ2) is 4.96. The summed E-state index contributed by atoms with van der Waals surface area (Å²) in [7, 11) is 0. The number of thiophene rings is 1. The molecule has 0 aliphatic heterocycles. The molecule has 2 aromatic rings. The molecule has 0 unspecified atom stereocenters. The molecule has 4 heteroatoms. The third-order valence-corrected chi connectivity index (χ3v) is 3.79. The number of hydrogen-bond donors (Lipinski definition) is 1. The summed E-state index contributed by atoms with van der Waals surface area (Å²) in [6.45, 7) is 3.83. The van der Waals surface area contributed by atoms with Gasteiger partial charge in [0.25, 0.3) is 0 Å². The van der Waals surface area contributed by atoms with Crippen molar-refractivity contribution in [1.29, 1.82) is 0 Å². The summed E-state index contributed by atoms with van der Waals surface area (Å²) in [6.07, 6.45) is 0. The maximum atomic E-state index is 5.73. The van der Waals surface area contributed by atoms with Crippen molar-refractivity contribution in [2.24, 2.45) is 0 Å². The molecule has 0 amide bonds. The van der Waals surface area contributed by atoms with E-state index in [0.717, 1.165) is 34.6 Å². The summed E-state index contributed by atoms with van der Waals surface area (Å²) < 4.78 is 6.82. The van der Waals surface area contributed by atoms with Crippen LogP contribution in [0.1, 0.15) is 12.7 Å². The van der Waals surface area contributed by atoms with Crippen LogP contribution in [0.25, 0.3) is 11.3 Å². The molecule has 0 aliphatic carbocycles. The Labute approximate surface area is 101 Å². The second-order valence-corrected chi connectivity index (χ2v) is 4.78. The van der Waals surface area contributed by atoms with Crippen LogP contribution in [0.15, 0.2) is 31.8 Å². The molecule has 0 fully saturated rings. The fourth-order valence-electron chi connectivity index (χ4n) is 1.32. The van der Waals surface area contributed by atoms with E-state index in [1.54, 1.807) is 11.3 Å². The maximum absolute atomic E-state index is 5.73. The van der Waals surface area contributed by atoms with E-state index in [2.05, 4.69) is 38.9 Å². The third-order valence-electron chi connectivity index (χ3n) is 2.09. The number of halogens is 1. The van der Waals surface area contributed by atoms with Crippen LogP contribution in [-0.2, 0) is 6.54 Å². The van der Waals surface area contributed by atoms with Crippen molar-refractivity contribution in [3.8, 4) is 11.3 Å². The lowest BCUT2D eigenvalue weighted by Crippen LogP contribution is -2.10. The van der Waals surface area contributed by atoms with Crippen LogP contribution in [0, 0.1) is 0 Å². The predicted octanol–water partition coefficient (Wildman–Crippen LogP) is 3.88. The van der Waals surface area contributed by atoms with Crippen molar-refractivity contribution in [3.63, 3.8) is 0 Å². The lowest BCUT2D eigenvalue weighted by atomic mass is 10.3. The molecule has 0 saturated heterocycles. The highest BCUT2D eigenvalue weighted by molar-refractivity contribution is 9.10. The van der Waals surface area contributed by atoms with Crippen molar-refractivity contribution >= 4 is 27.3 Å². The van der Waals surface area contributed by atoms with E-state index in [1.807, 2.05) is 12.1 Å². The van der Waals surface area contributed by atoms with Crippen LogP contribution in [-0.4, -0.2) is 6.54 Å². The first-order chi connectivity index (χ1) is 7.31. The summed E-state index contributed by atoms with van der Waals surface area (Å²) in [5.74, 6) is 1.90. The summed E-state index contributed by atoms with van der Waals surface area (Å²) in [5, 5.41) is 7.38. The number of furan rings is 1. The molecule has 0 aliphatic rings. The van der Waals surface area contributed by atoms with Gasteiger partial charge in [-0.15, -0.1) is 0 Å². The van der Waals surface area contributed by atoms with Gasteiger partial charge < -0.3 is 9.73 Å². The van der Waals surface area contributed by atoms with Gasteiger partial charge in [0.2, 0.25) is 0 Å². The fourth-order valence-corrected chi connectivity index (χ4v) is 2.80. The minimum absolute atomic E-state index is 0.790. The SMILES string of the molecule is CCNCc1ccc(-c2cscc2Br)o1. The standard InChI is InChI=1S/C11H12BrNOS/c1-2-13-5-8-3-4-11(14-8)9-6-15-7-10(9)12/h3-4,6-7,13H,2,5H2,1H3. The fraction of sp³-hybridized carbons (Fsp3) is 0.273. The van der Waals surface area contributed by atoms with Gasteiger partial charge in [-0.3, -0.25) is 0 Å². The molecular formula is C11H12BrNOS. The average molecular weight is 286 g/mol. The van der Waals surface area contributed by atoms with Crippen molar-refractivity contribution in [2.75, 3.05) is 6.54 Å². The first kappa shape index (κ1) is 10.9. The monoisotopic (exact) mass is 285 g/mol. The number of nitrogens with one attached hydrogen (secondary N) is 1. The van der Waals surface area contributed by atoms with Crippen LogP contribution in [0.3, 0.4) is 0 Å². The molecule has 80 valence electrons. The van der Waals surface area contributed by atoms with E-state index in [1.165, 1.54) is 0 Å².